The first-order valence-electron chi connectivity index (χ1n) is 6.30. The number of carbonyl (C=O) groups is 1. The van der Waals surface area contributed by atoms with Crippen LogP contribution in [0.2, 0.25) is 0 Å². The predicted molar refractivity (Wildman–Crippen MR) is 76.2 cm³/mol. The van der Waals surface area contributed by atoms with E-state index in [1.54, 1.807) is 6.21 Å². The lowest BCUT2D eigenvalue weighted by Gasteiger charge is -2.28. The Kier molecular flexibility index (Phi) is 4.69. The summed E-state index contributed by atoms with van der Waals surface area (Å²) in [5, 5.41) is 9.97. The van der Waals surface area contributed by atoms with Crippen molar-refractivity contribution >= 4 is 18.2 Å². The van der Waals surface area contributed by atoms with E-state index in [1.807, 2.05) is 49.4 Å². The Morgan fingerprint density at radius 3 is 2.89 bits per heavy atom. The largest absolute Gasteiger partial charge is 0.322 e. The van der Waals surface area contributed by atoms with Crippen molar-refractivity contribution in [3.63, 3.8) is 0 Å². The molecule has 0 radical (unpaired) electrons. The molecule has 3 N–H and O–H groups in total. The maximum absolute atomic E-state index is 11.3. The summed E-state index contributed by atoms with van der Waals surface area (Å²) in [5.41, 5.74) is 3.96. The minimum Gasteiger partial charge on any atom is -0.322 e. The summed E-state index contributed by atoms with van der Waals surface area (Å²) in [7, 11) is 0. The van der Waals surface area contributed by atoms with Crippen molar-refractivity contribution in [2.45, 2.75) is 25.7 Å². The summed E-state index contributed by atoms with van der Waals surface area (Å²) in [4.78, 5) is 11.3. The molecule has 1 aliphatic rings. The highest BCUT2D eigenvalue weighted by Gasteiger charge is 2.21. The van der Waals surface area contributed by atoms with Gasteiger partial charge in [-0.05, 0) is 18.6 Å². The molecule has 0 saturated carbocycles. The molecule has 2 rings (SSSR count). The Hall–Kier alpha value is -2.14. The highest BCUT2D eigenvalue weighted by Crippen LogP contribution is 2.00. The number of nitrogens with one attached hydrogen (secondary N) is 3. The predicted octanol–water partition coefficient (Wildman–Crippen LogP) is 1.06. The normalized spacial score (nSPS) is 23.7. The highest BCUT2D eigenvalue weighted by molar-refractivity contribution is 5.78. The summed E-state index contributed by atoms with van der Waals surface area (Å²) in [6.07, 6.45) is 5.64. The van der Waals surface area contributed by atoms with Crippen LogP contribution in [-0.2, 0) is 4.79 Å². The molecular weight excluding hydrogens is 240 g/mol. The zero-order valence-corrected chi connectivity index (χ0v) is 10.8. The van der Waals surface area contributed by atoms with Gasteiger partial charge in [0.05, 0.1) is 0 Å². The summed E-state index contributed by atoms with van der Waals surface area (Å²) >= 11 is 0. The molecule has 100 valence electrons. The van der Waals surface area contributed by atoms with Crippen molar-refractivity contribution < 1.29 is 4.79 Å². The molecule has 1 saturated heterocycles. The number of nitrogens with zero attached hydrogens (tertiary/aromatic N) is 1. The van der Waals surface area contributed by atoms with Crippen molar-refractivity contribution in [1.82, 2.24) is 16.1 Å². The number of hydrogen-bond donors (Lipinski definition) is 3. The minimum absolute atomic E-state index is 0.0266. The Morgan fingerprint density at radius 1 is 1.37 bits per heavy atom. The second kappa shape index (κ2) is 6.70. The van der Waals surface area contributed by atoms with Gasteiger partial charge in [0.25, 0.3) is 0 Å². The van der Waals surface area contributed by atoms with E-state index >= 15 is 0 Å². The molecule has 1 aromatic rings. The Bertz CT molecular complexity index is 470. The third-order valence-corrected chi connectivity index (χ3v) is 2.70. The lowest BCUT2D eigenvalue weighted by atomic mass is 10.2. The average molecular weight is 258 g/mol. The first-order chi connectivity index (χ1) is 9.24. The molecule has 5 heteroatoms. The van der Waals surface area contributed by atoms with Crippen LogP contribution >= 0.6 is 0 Å². The van der Waals surface area contributed by atoms with Crippen molar-refractivity contribution in [1.29, 1.82) is 0 Å². The molecule has 0 spiro atoms. The van der Waals surface area contributed by atoms with E-state index in [0.717, 1.165) is 5.56 Å². The van der Waals surface area contributed by atoms with E-state index in [0.29, 0.717) is 6.42 Å². The Balaban J connectivity index is 1.77. The van der Waals surface area contributed by atoms with E-state index < -0.39 is 0 Å². The molecule has 2 atom stereocenters. The second-order valence-corrected chi connectivity index (χ2v) is 4.45. The van der Waals surface area contributed by atoms with Crippen LogP contribution in [0.1, 0.15) is 18.9 Å². The maximum atomic E-state index is 11.3. The SMILES string of the molecule is CC1CC(=O)NC(N/N=C/C=C/c2ccccc2)N1. The number of benzene rings is 1. The average Bonchev–Trinajstić information content (AvgIpc) is 2.38. The first-order valence-corrected chi connectivity index (χ1v) is 6.30. The van der Waals surface area contributed by atoms with Crippen molar-refractivity contribution in [2.24, 2.45) is 5.10 Å². The van der Waals surface area contributed by atoms with Crippen LogP contribution in [0, 0.1) is 0 Å². The number of hydrogen-bond acceptors (Lipinski definition) is 4. The molecule has 0 aliphatic carbocycles. The van der Waals surface area contributed by atoms with Crippen LogP contribution in [-0.4, -0.2) is 24.5 Å². The van der Waals surface area contributed by atoms with Crippen LogP contribution in [0.3, 0.4) is 0 Å². The van der Waals surface area contributed by atoms with Gasteiger partial charge in [-0.2, -0.15) is 5.10 Å². The van der Waals surface area contributed by atoms with Crippen LogP contribution in [0.15, 0.2) is 41.5 Å². The van der Waals surface area contributed by atoms with Gasteiger partial charge in [-0.25, -0.2) is 0 Å². The third-order valence-electron chi connectivity index (χ3n) is 2.70. The molecule has 1 fully saturated rings. The van der Waals surface area contributed by atoms with E-state index in [9.17, 15) is 4.79 Å². The number of carbonyl (C=O) groups excluding carboxylic acids is 1. The number of allylic oxidation sites excluding steroid dienone is 1. The van der Waals surface area contributed by atoms with E-state index in [-0.39, 0.29) is 18.2 Å². The minimum atomic E-state index is -0.308. The smallest absolute Gasteiger partial charge is 0.224 e. The van der Waals surface area contributed by atoms with E-state index in [2.05, 4.69) is 21.2 Å². The molecular formula is C14H18N4O. The Morgan fingerprint density at radius 2 is 2.16 bits per heavy atom. The fourth-order valence-electron chi connectivity index (χ4n) is 1.83. The van der Waals surface area contributed by atoms with Gasteiger partial charge in [0.2, 0.25) is 5.91 Å². The summed E-state index contributed by atoms with van der Waals surface area (Å²) in [5.74, 6) is 0.0266. The summed E-state index contributed by atoms with van der Waals surface area (Å²) < 4.78 is 0. The lowest BCUT2D eigenvalue weighted by Crippen LogP contribution is -2.60. The zero-order valence-electron chi connectivity index (χ0n) is 10.8. The van der Waals surface area contributed by atoms with Gasteiger partial charge in [0, 0.05) is 18.7 Å². The molecule has 0 aromatic heterocycles. The Labute approximate surface area is 112 Å². The second-order valence-electron chi connectivity index (χ2n) is 4.45. The fraction of sp³-hybridized carbons (Fsp3) is 0.286. The molecule has 0 bridgehead atoms. The standard InChI is InChI=1S/C14H18N4O/c1-11-10-13(19)17-14(16-11)18-15-9-5-8-12-6-3-2-4-7-12/h2-9,11,14,16,18H,10H2,1H3,(H,17,19)/b8-5+,15-9+. The molecule has 19 heavy (non-hydrogen) atoms. The van der Waals surface area contributed by atoms with Gasteiger partial charge in [0.15, 0.2) is 6.29 Å². The summed E-state index contributed by atoms with van der Waals surface area (Å²) in [6, 6.07) is 10.1. The molecule has 1 amide bonds. The monoisotopic (exact) mass is 258 g/mol. The van der Waals surface area contributed by atoms with Gasteiger partial charge in [-0.3, -0.25) is 15.5 Å². The first kappa shape index (κ1) is 13.3. The molecule has 5 nitrogen and oxygen atoms in total. The van der Waals surface area contributed by atoms with Gasteiger partial charge in [-0.1, -0.05) is 36.4 Å². The van der Waals surface area contributed by atoms with Crippen LogP contribution in [0.25, 0.3) is 6.08 Å². The molecule has 2 unspecified atom stereocenters. The number of rotatable bonds is 4. The summed E-state index contributed by atoms with van der Waals surface area (Å²) in [6.45, 7) is 1.96. The van der Waals surface area contributed by atoms with Crippen molar-refractivity contribution in [2.75, 3.05) is 0 Å². The van der Waals surface area contributed by atoms with Crippen LogP contribution in [0.5, 0.6) is 0 Å². The maximum Gasteiger partial charge on any atom is 0.224 e. The van der Waals surface area contributed by atoms with Gasteiger partial charge in [0.1, 0.15) is 0 Å². The van der Waals surface area contributed by atoms with Gasteiger partial charge in [-0.15, -0.1) is 0 Å². The highest BCUT2D eigenvalue weighted by atomic mass is 16.2. The number of hydrazone groups is 1. The quantitative estimate of drug-likeness (QED) is 0.559. The van der Waals surface area contributed by atoms with Gasteiger partial charge >= 0.3 is 0 Å². The third kappa shape index (κ3) is 4.56. The van der Waals surface area contributed by atoms with Crippen LogP contribution in [0.4, 0.5) is 0 Å². The fourth-order valence-corrected chi connectivity index (χ4v) is 1.83. The lowest BCUT2D eigenvalue weighted by molar-refractivity contribution is -0.124. The topological polar surface area (TPSA) is 65.5 Å². The van der Waals surface area contributed by atoms with Crippen LogP contribution < -0.4 is 16.1 Å². The molecule has 1 heterocycles. The van der Waals surface area contributed by atoms with E-state index in [4.69, 9.17) is 0 Å². The number of amides is 1. The molecule has 1 aromatic carbocycles. The zero-order chi connectivity index (χ0) is 13.5. The van der Waals surface area contributed by atoms with E-state index in [1.165, 1.54) is 0 Å². The van der Waals surface area contributed by atoms with Crippen molar-refractivity contribution in [3.8, 4) is 0 Å². The van der Waals surface area contributed by atoms with Crippen molar-refractivity contribution in [3.05, 3.63) is 42.0 Å². The van der Waals surface area contributed by atoms with Gasteiger partial charge < -0.3 is 5.32 Å². The molecule has 1 aliphatic heterocycles.